The number of aryl methyl sites for hydroxylation is 2. The number of rotatable bonds is 7. The van der Waals surface area contributed by atoms with E-state index in [9.17, 15) is 24.6 Å². The van der Waals surface area contributed by atoms with E-state index in [1.165, 1.54) is 19.1 Å². The summed E-state index contributed by atoms with van der Waals surface area (Å²) in [5.74, 6) is -1.75. The second-order valence-electron chi connectivity index (χ2n) is 7.27. The SMILES string of the molecule is CC(=O)CCCC(=O)c1c(-c2ccccc2C)n(C)c2cc(O)c(C(=O)O)cc12. The van der Waals surface area contributed by atoms with Gasteiger partial charge >= 0.3 is 5.97 Å². The van der Waals surface area contributed by atoms with E-state index >= 15 is 0 Å². The van der Waals surface area contributed by atoms with Gasteiger partial charge in [-0.25, -0.2) is 4.79 Å². The van der Waals surface area contributed by atoms with Crippen LogP contribution in [0.3, 0.4) is 0 Å². The van der Waals surface area contributed by atoms with Gasteiger partial charge in [0.1, 0.15) is 17.1 Å². The summed E-state index contributed by atoms with van der Waals surface area (Å²) in [7, 11) is 1.79. The van der Waals surface area contributed by atoms with Gasteiger partial charge in [0.2, 0.25) is 0 Å². The van der Waals surface area contributed by atoms with Crippen molar-refractivity contribution in [3.05, 3.63) is 53.1 Å². The predicted molar refractivity (Wildman–Crippen MR) is 111 cm³/mol. The first-order chi connectivity index (χ1) is 13.7. The topological polar surface area (TPSA) is 96.6 Å². The number of carbonyl (C=O) groups excluding carboxylic acids is 2. The van der Waals surface area contributed by atoms with Crippen LogP contribution in [0.2, 0.25) is 0 Å². The van der Waals surface area contributed by atoms with Gasteiger partial charge in [-0.2, -0.15) is 0 Å². The fraction of sp³-hybridized carbons (Fsp3) is 0.261. The predicted octanol–water partition coefficient (Wildman–Crippen LogP) is 4.50. The Balaban J connectivity index is 2.29. The van der Waals surface area contributed by atoms with Crippen molar-refractivity contribution in [1.29, 1.82) is 0 Å². The summed E-state index contributed by atoms with van der Waals surface area (Å²) in [6.07, 6.45) is 0.930. The van der Waals surface area contributed by atoms with Gasteiger partial charge in [0.25, 0.3) is 0 Å². The number of carboxylic acids is 1. The maximum absolute atomic E-state index is 13.2. The highest BCUT2D eigenvalue weighted by Crippen LogP contribution is 2.38. The summed E-state index contributed by atoms with van der Waals surface area (Å²) in [6.45, 7) is 3.43. The van der Waals surface area contributed by atoms with Crippen molar-refractivity contribution in [2.75, 3.05) is 0 Å². The zero-order chi connectivity index (χ0) is 21.3. The number of nitrogens with zero attached hydrogens (tertiary/aromatic N) is 1. The van der Waals surface area contributed by atoms with Gasteiger partial charge in [0.05, 0.1) is 16.8 Å². The molecule has 6 nitrogen and oxygen atoms in total. The molecule has 0 atom stereocenters. The van der Waals surface area contributed by atoms with Crippen LogP contribution in [0, 0.1) is 6.92 Å². The van der Waals surface area contributed by atoms with Gasteiger partial charge in [0.15, 0.2) is 5.78 Å². The van der Waals surface area contributed by atoms with Crippen LogP contribution in [0.1, 0.15) is 52.5 Å². The van der Waals surface area contributed by atoms with E-state index in [-0.39, 0.29) is 29.3 Å². The number of benzene rings is 2. The number of fused-ring (bicyclic) bond motifs is 1. The number of aromatic nitrogens is 1. The summed E-state index contributed by atoms with van der Waals surface area (Å²) < 4.78 is 1.81. The number of hydrogen-bond acceptors (Lipinski definition) is 4. The van der Waals surface area contributed by atoms with Crippen molar-refractivity contribution in [1.82, 2.24) is 4.57 Å². The third-order valence-corrected chi connectivity index (χ3v) is 5.16. The molecule has 2 aromatic carbocycles. The molecule has 150 valence electrons. The molecule has 3 rings (SSSR count). The van der Waals surface area contributed by atoms with Crippen molar-refractivity contribution < 1.29 is 24.6 Å². The Hall–Kier alpha value is -3.41. The average molecular weight is 393 g/mol. The molecule has 0 aliphatic rings. The van der Waals surface area contributed by atoms with Crippen molar-refractivity contribution in [3.63, 3.8) is 0 Å². The Labute approximate surface area is 168 Å². The molecule has 1 heterocycles. The maximum Gasteiger partial charge on any atom is 0.339 e. The van der Waals surface area contributed by atoms with Crippen LogP contribution in [0.25, 0.3) is 22.2 Å². The van der Waals surface area contributed by atoms with Crippen LogP contribution in [0.4, 0.5) is 0 Å². The Kier molecular flexibility index (Phi) is 5.55. The molecular formula is C23H23NO5. The second kappa shape index (κ2) is 7.91. The summed E-state index contributed by atoms with van der Waals surface area (Å²) in [5, 5.41) is 20.0. The zero-order valence-corrected chi connectivity index (χ0v) is 16.7. The lowest BCUT2D eigenvalue weighted by Gasteiger charge is -2.10. The number of ketones is 2. The second-order valence-corrected chi connectivity index (χ2v) is 7.27. The van der Waals surface area contributed by atoms with Crippen LogP contribution < -0.4 is 0 Å². The third-order valence-electron chi connectivity index (χ3n) is 5.16. The molecule has 0 bridgehead atoms. The van der Waals surface area contributed by atoms with E-state index in [1.54, 1.807) is 11.6 Å². The van der Waals surface area contributed by atoms with Crippen molar-refractivity contribution in [2.45, 2.75) is 33.1 Å². The largest absolute Gasteiger partial charge is 0.507 e. The van der Waals surface area contributed by atoms with E-state index in [1.807, 2.05) is 31.2 Å². The van der Waals surface area contributed by atoms with Crippen LogP contribution in [0.15, 0.2) is 36.4 Å². The summed E-state index contributed by atoms with van der Waals surface area (Å²) in [6, 6.07) is 10.4. The Morgan fingerprint density at radius 3 is 2.38 bits per heavy atom. The fourth-order valence-electron chi connectivity index (χ4n) is 3.70. The molecule has 0 aliphatic heterocycles. The van der Waals surface area contributed by atoms with Crippen molar-refractivity contribution in [3.8, 4) is 17.0 Å². The van der Waals surface area contributed by atoms with Crippen molar-refractivity contribution in [2.24, 2.45) is 7.05 Å². The summed E-state index contributed by atoms with van der Waals surface area (Å²) in [4.78, 5) is 36.0. The van der Waals surface area contributed by atoms with Gasteiger partial charge < -0.3 is 19.6 Å². The zero-order valence-electron chi connectivity index (χ0n) is 16.7. The Morgan fingerprint density at radius 2 is 1.76 bits per heavy atom. The lowest BCUT2D eigenvalue weighted by molar-refractivity contribution is -0.117. The van der Waals surface area contributed by atoms with Gasteiger partial charge in [-0.3, -0.25) is 4.79 Å². The highest BCUT2D eigenvalue weighted by molar-refractivity contribution is 6.15. The molecule has 0 spiro atoms. The molecule has 0 unspecified atom stereocenters. The first kappa shape index (κ1) is 20.3. The summed E-state index contributed by atoms with van der Waals surface area (Å²) in [5.41, 5.74) is 3.24. The first-order valence-electron chi connectivity index (χ1n) is 9.39. The molecule has 1 aromatic heterocycles. The molecule has 0 saturated carbocycles. The van der Waals surface area contributed by atoms with Gasteiger partial charge in [-0.1, -0.05) is 24.3 Å². The molecular weight excluding hydrogens is 370 g/mol. The third kappa shape index (κ3) is 3.78. The molecule has 3 aromatic rings. The lowest BCUT2D eigenvalue weighted by Crippen LogP contribution is -2.04. The number of carbonyl (C=O) groups is 3. The van der Waals surface area contributed by atoms with Crippen LogP contribution >= 0.6 is 0 Å². The van der Waals surface area contributed by atoms with Gasteiger partial charge in [-0.15, -0.1) is 0 Å². The number of Topliss-reactive ketones (excluding diaryl/α,β-unsaturated/α-hetero) is 2. The Bertz CT molecular complexity index is 1140. The van der Waals surface area contributed by atoms with Crippen LogP contribution in [0.5, 0.6) is 5.75 Å². The summed E-state index contributed by atoms with van der Waals surface area (Å²) >= 11 is 0. The van der Waals surface area contributed by atoms with Crippen LogP contribution in [-0.2, 0) is 11.8 Å². The highest BCUT2D eigenvalue weighted by atomic mass is 16.4. The quantitative estimate of drug-likeness (QED) is 0.576. The standard InChI is InChI=1S/C23H23NO5/c1-13-7-4-5-9-15(13)22-21(19(26)10-6-8-14(2)25)16-11-17(23(28)29)20(27)12-18(16)24(22)3/h4-5,7,9,11-12,27H,6,8,10H2,1-3H3,(H,28,29). The van der Waals surface area contributed by atoms with E-state index in [0.29, 0.717) is 35.0 Å². The molecule has 0 fully saturated rings. The van der Waals surface area contributed by atoms with E-state index in [2.05, 4.69) is 0 Å². The molecule has 0 aliphatic carbocycles. The highest BCUT2D eigenvalue weighted by Gasteiger charge is 2.25. The first-order valence-corrected chi connectivity index (χ1v) is 9.39. The molecule has 0 saturated heterocycles. The minimum absolute atomic E-state index is 0.0212. The maximum atomic E-state index is 13.2. The average Bonchev–Trinajstić information content (AvgIpc) is 2.93. The number of aromatic hydroxyl groups is 1. The number of carboxylic acid groups (broad SMARTS) is 1. The molecule has 0 amide bonds. The smallest absolute Gasteiger partial charge is 0.339 e. The molecule has 29 heavy (non-hydrogen) atoms. The molecule has 0 radical (unpaired) electrons. The molecule has 2 N–H and O–H groups in total. The number of aromatic carboxylic acids is 1. The van der Waals surface area contributed by atoms with Crippen LogP contribution in [-0.4, -0.2) is 32.3 Å². The van der Waals surface area contributed by atoms with E-state index in [4.69, 9.17) is 0 Å². The minimum Gasteiger partial charge on any atom is -0.507 e. The van der Waals surface area contributed by atoms with Gasteiger partial charge in [-0.05, 0) is 31.9 Å². The van der Waals surface area contributed by atoms with Gasteiger partial charge in [0, 0.05) is 36.9 Å². The number of hydrogen-bond donors (Lipinski definition) is 2. The lowest BCUT2D eigenvalue weighted by atomic mass is 9.95. The van der Waals surface area contributed by atoms with E-state index < -0.39 is 5.97 Å². The molecule has 6 heteroatoms. The van der Waals surface area contributed by atoms with Crippen molar-refractivity contribution >= 4 is 28.4 Å². The van der Waals surface area contributed by atoms with E-state index in [0.717, 1.165) is 11.1 Å². The normalized spacial score (nSPS) is 11.0. The minimum atomic E-state index is -1.26. The number of phenols is 1. The monoisotopic (exact) mass is 393 g/mol. The fourth-order valence-corrected chi connectivity index (χ4v) is 3.70. The Morgan fingerprint density at radius 1 is 1.07 bits per heavy atom.